The highest BCUT2D eigenvalue weighted by Crippen LogP contribution is 2.17. The van der Waals surface area contributed by atoms with Crippen molar-refractivity contribution in [1.82, 2.24) is 15.6 Å². The second-order valence-corrected chi connectivity index (χ2v) is 6.95. The third-order valence-electron chi connectivity index (χ3n) is 3.58. The highest BCUT2D eigenvalue weighted by molar-refractivity contribution is 7.15. The van der Waals surface area contributed by atoms with Gasteiger partial charge in [-0.1, -0.05) is 29.0 Å². The molecule has 0 aliphatic rings. The summed E-state index contributed by atoms with van der Waals surface area (Å²) >= 11 is 1.13. The Balaban J connectivity index is 1.51. The van der Waals surface area contributed by atoms with Gasteiger partial charge in [0.25, 0.3) is 5.91 Å². The summed E-state index contributed by atoms with van der Waals surface area (Å²) in [7, 11) is 0. The Hall–Kier alpha value is -3.59. The van der Waals surface area contributed by atoms with Gasteiger partial charge in [0.1, 0.15) is 10.8 Å². The molecule has 3 rings (SSSR count). The fourth-order valence-electron chi connectivity index (χ4n) is 2.25. The fourth-order valence-corrected chi connectivity index (χ4v) is 2.98. The van der Waals surface area contributed by atoms with Crippen molar-refractivity contribution in [3.05, 3.63) is 70.2 Å². The first-order chi connectivity index (χ1) is 13.5. The lowest BCUT2D eigenvalue weighted by molar-refractivity contribution is -0.120. The lowest BCUT2D eigenvalue weighted by Crippen LogP contribution is -2.19. The smallest absolute Gasteiger partial charge is 0.257 e. The van der Waals surface area contributed by atoms with Crippen molar-refractivity contribution in [2.24, 2.45) is 5.10 Å². The number of hydrogen-bond acceptors (Lipinski definition) is 7. The van der Waals surface area contributed by atoms with Gasteiger partial charge in [0, 0.05) is 5.56 Å². The van der Waals surface area contributed by atoms with Crippen molar-refractivity contribution in [2.45, 2.75) is 13.3 Å². The first-order valence-corrected chi connectivity index (χ1v) is 9.12. The molecule has 3 N–H and O–H groups in total. The van der Waals surface area contributed by atoms with Crippen LogP contribution < -0.4 is 10.7 Å². The number of nitrogens with zero attached hydrogens (tertiary/aromatic N) is 3. The number of anilines is 1. The maximum Gasteiger partial charge on any atom is 0.257 e. The molecule has 0 saturated carbocycles. The van der Waals surface area contributed by atoms with Gasteiger partial charge >= 0.3 is 0 Å². The zero-order valence-corrected chi connectivity index (χ0v) is 15.7. The van der Waals surface area contributed by atoms with Crippen molar-refractivity contribution >= 4 is 34.5 Å². The van der Waals surface area contributed by atoms with Gasteiger partial charge in [0.2, 0.25) is 11.0 Å². The van der Waals surface area contributed by atoms with E-state index in [-0.39, 0.29) is 24.0 Å². The van der Waals surface area contributed by atoms with Gasteiger partial charge in [-0.05, 0) is 48.9 Å². The number of aromatic hydroxyl groups is 1. The van der Waals surface area contributed by atoms with Crippen LogP contribution in [0, 0.1) is 6.92 Å². The summed E-state index contributed by atoms with van der Waals surface area (Å²) < 4.78 is 0. The van der Waals surface area contributed by atoms with Gasteiger partial charge in [-0.15, -0.1) is 10.2 Å². The SMILES string of the molecule is Cc1cccc(C(=O)Nc2nnc(CC(=O)NN=Cc3ccc(O)cc3)s2)c1. The van der Waals surface area contributed by atoms with Crippen LogP contribution in [0.1, 0.15) is 26.5 Å². The molecule has 0 aliphatic heterocycles. The van der Waals surface area contributed by atoms with E-state index in [1.54, 1.807) is 30.3 Å². The number of benzene rings is 2. The van der Waals surface area contributed by atoms with Gasteiger partial charge in [-0.25, -0.2) is 5.43 Å². The first-order valence-electron chi connectivity index (χ1n) is 8.31. The molecule has 3 aromatic rings. The maximum atomic E-state index is 12.2. The van der Waals surface area contributed by atoms with Crippen LogP contribution in [0.15, 0.2) is 53.6 Å². The number of carbonyl (C=O) groups is 2. The van der Waals surface area contributed by atoms with Crippen LogP contribution in [0.2, 0.25) is 0 Å². The Morgan fingerprint density at radius 2 is 1.96 bits per heavy atom. The van der Waals surface area contributed by atoms with Gasteiger partial charge < -0.3 is 5.11 Å². The Bertz CT molecular complexity index is 1010. The van der Waals surface area contributed by atoms with Crippen molar-refractivity contribution in [1.29, 1.82) is 0 Å². The Morgan fingerprint density at radius 3 is 2.71 bits per heavy atom. The minimum Gasteiger partial charge on any atom is -0.508 e. The lowest BCUT2D eigenvalue weighted by Gasteiger charge is -2.01. The summed E-state index contributed by atoms with van der Waals surface area (Å²) in [5, 5.41) is 24.3. The van der Waals surface area contributed by atoms with E-state index in [2.05, 4.69) is 26.0 Å². The Morgan fingerprint density at radius 1 is 1.18 bits per heavy atom. The van der Waals surface area contributed by atoms with Crippen LogP contribution in [0.4, 0.5) is 5.13 Å². The molecule has 0 aliphatic carbocycles. The highest BCUT2D eigenvalue weighted by atomic mass is 32.1. The van der Waals surface area contributed by atoms with Crippen LogP contribution >= 0.6 is 11.3 Å². The zero-order chi connectivity index (χ0) is 19.9. The van der Waals surface area contributed by atoms with E-state index in [4.69, 9.17) is 0 Å². The summed E-state index contributed by atoms with van der Waals surface area (Å²) in [6.07, 6.45) is 1.45. The minimum atomic E-state index is -0.359. The number of nitrogens with one attached hydrogen (secondary N) is 2. The average Bonchev–Trinajstić information content (AvgIpc) is 3.10. The molecule has 0 spiro atoms. The summed E-state index contributed by atoms with van der Waals surface area (Å²) in [6.45, 7) is 1.91. The monoisotopic (exact) mass is 395 g/mol. The standard InChI is InChI=1S/C19H17N5O3S/c1-12-3-2-4-14(9-12)18(27)21-19-24-23-17(28-19)10-16(26)22-20-11-13-5-7-15(25)8-6-13/h2-9,11,25H,10H2,1H3,(H,22,26)(H,21,24,27). The molecule has 28 heavy (non-hydrogen) atoms. The number of phenols is 1. The minimum absolute atomic E-state index is 0.00903. The van der Waals surface area contributed by atoms with E-state index in [1.165, 1.54) is 18.3 Å². The van der Waals surface area contributed by atoms with Gasteiger partial charge in [-0.2, -0.15) is 5.10 Å². The number of aryl methyl sites for hydroxylation is 1. The summed E-state index contributed by atoms with van der Waals surface area (Å²) in [5.74, 6) is -0.486. The van der Waals surface area contributed by atoms with E-state index >= 15 is 0 Å². The van der Waals surface area contributed by atoms with E-state index < -0.39 is 0 Å². The lowest BCUT2D eigenvalue weighted by atomic mass is 10.1. The van der Waals surface area contributed by atoms with Crippen LogP contribution in [0.3, 0.4) is 0 Å². The fraction of sp³-hybridized carbons (Fsp3) is 0.105. The van der Waals surface area contributed by atoms with Crippen molar-refractivity contribution in [2.75, 3.05) is 5.32 Å². The largest absolute Gasteiger partial charge is 0.508 e. The molecular weight excluding hydrogens is 378 g/mol. The topological polar surface area (TPSA) is 117 Å². The van der Waals surface area contributed by atoms with E-state index in [1.807, 2.05) is 13.0 Å². The van der Waals surface area contributed by atoms with Crippen molar-refractivity contribution < 1.29 is 14.7 Å². The number of rotatable bonds is 6. The summed E-state index contributed by atoms with van der Waals surface area (Å²) in [5.41, 5.74) is 4.64. The molecule has 0 fully saturated rings. The zero-order valence-electron chi connectivity index (χ0n) is 14.9. The number of carbonyl (C=O) groups excluding carboxylic acids is 2. The predicted octanol–water partition coefficient (Wildman–Crippen LogP) is 2.50. The molecule has 0 atom stereocenters. The third-order valence-corrected chi connectivity index (χ3v) is 4.41. The molecule has 142 valence electrons. The number of hydrazone groups is 1. The van der Waals surface area contributed by atoms with Gasteiger partial charge in [0.05, 0.1) is 12.6 Å². The molecule has 9 heteroatoms. The summed E-state index contributed by atoms with van der Waals surface area (Å²) in [4.78, 5) is 24.1. The van der Waals surface area contributed by atoms with Crippen LogP contribution in [-0.4, -0.2) is 33.3 Å². The van der Waals surface area contributed by atoms with Crippen LogP contribution in [0.5, 0.6) is 5.75 Å². The maximum absolute atomic E-state index is 12.2. The molecule has 0 saturated heterocycles. The Labute approximate surface area is 165 Å². The summed E-state index contributed by atoms with van der Waals surface area (Å²) in [6, 6.07) is 13.6. The molecule has 2 aromatic carbocycles. The van der Waals surface area contributed by atoms with Crippen LogP contribution in [-0.2, 0) is 11.2 Å². The molecule has 0 bridgehead atoms. The third kappa shape index (κ3) is 5.45. The van der Waals surface area contributed by atoms with E-state index in [9.17, 15) is 14.7 Å². The van der Waals surface area contributed by atoms with Gasteiger partial charge in [0.15, 0.2) is 0 Å². The molecule has 1 heterocycles. The average molecular weight is 395 g/mol. The molecule has 0 radical (unpaired) electrons. The second kappa shape index (κ2) is 8.87. The second-order valence-electron chi connectivity index (χ2n) is 5.89. The van der Waals surface area contributed by atoms with Crippen LogP contribution in [0.25, 0.3) is 0 Å². The highest BCUT2D eigenvalue weighted by Gasteiger charge is 2.12. The molecule has 2 amide bonds. The predicted molar refractivity (Wildman–Crippen MR) is 107 cm³/mol. The van der Waals surface area contributed by atoms with E-state index in [0.717, 1.165) is 22.5 Å². The van der Waals surface area contributed by atoms with Gasteiger partial charge in [-0.3, -0.25) is 14.9 Å². The molecule has 1 aromatic heterocycles. The first kappa shape index (κ1) is 19.2. The van der Waals surface area contributed by atoms with E-state index in [0.29, 0.717) is 15.7 Å². The number of phenolic OH excluding ortho intramolecular Hbond substituents is 1. The quantitative estimate of drug-likeness (QED) is 0.438. The Kier molecular flexibility index (Phi) is 6.07. The molecular formula is C19H17N5O3S. The number of amides is 2. The molecule has 8 nitrogen and oxygen atoms in total. The van der Waals surface area contributed by atoms with Crippen molar-refractivity contribution in [3.63, 3.8) is 0 Å². The van der Waals surface area contributed by atoms with Crippen molar-refractivity contribution in [3.8, 4) is 5.75 Å². The number of aromatic nitrogens is 2. The number of hydrogen-bond donors (Lipinski definition) is 3. The normalized spacial score (nSPS) is 10.8. The molecule has 0 unspecified atom stereocenters.